The summed E-state index contributed by atoms with van der Waals surface area (Å²) in [5.41, 5.74) is 2.12. The Morgan fingerprint density at radius 1 is 1.09 bits per heavy atom. The van der Waals surface area contributed by atoms with Gasteiger partial charge in [0, 0.05) is 37.9 Å². The molecule has 0 bridgehead atoms. The standard InChI is InChI=1S/C18H23N3O2/c1-22-14-6-7-17(23-2)15(13-14)18(16-5-3-4-8-20-16)21-11-9-19-10-12-21/h3-8,13,18-19H,9-12H2,1-2H3. The van der Waals surface area contributed by atoms with Gasteiger partial charge in [0.2, 0.25) is 0 Å². The molecule has 1 aromatic heterocycles. The average Bonchev–Trinajstić information content (AvgIpc) is 2.63. The minimum Gasteiger partial charge on any atom is -0.497 e. The summed E-state index contributed by atoms with van der Waals surface area (Å²) in [5.74, 6) is 1.69. The highest BCUT2D eigenvalue weighted by atomic mass is 16.5. The molecule has 1 aliphatic heterocycles. The number of pyridine rings is 1. The smallest absolute Gasteiger partial charge is 0.124 e. The molecule has 1 saturated heterocycles. The molecule has 1 N–H and O–H groups in total. The van der Waals surface area contributed by atoms with Crippen LogP contribution in [-0.4, -0.2) is 50.3 Å². The van der Waals surface area contributed by atoms with Gasteiger partial charge < -0.3 is 14.8 Å². The zero-order chi connectivity index (χ0) is 16.1. The van der Waals surface area contributed by atoms with E-state index in [-0.39, 0.29) is 6.04 Å². The second-order valence-electron chi connectivity index (χ2n) is 5.55. The Labute approximate surface area is 137 Å². The third kappa shape index (κ3) is 3.46. The van der Waals surface area contributed by atoms with Crippen molar-refractivity contribution in [3.05, 3.63) is 53.9 Å². The van der Waals surface area contributed by atoms with E-state index in [9.17, 15) is 0 Å². The zero-order valence-electron chi connectivity index (χ0n) is 13.7. The van der Waals surface area contributed by atoms with Gasteiger partial charge in [0.05, 0.1) is 26.0 Å². The van der Waals surface area contributed by atoms with Crippen molar-refractivity contribution in [2.24, 2.45) is 0 Å². The number of aromatic nitrogens is 1. The topological polar surface area (TPSA) is 46.6 Å². The average molecular weight is 313 g/mol. The summed E-state index contributed by atoms with van der Waals surface area (Å²) >= 11 is 0. The van der Waals surface area contributed by atoms with Gasteiger partial charge in [0.1, 0.15) is 11.5 Å². The van der Waals surface area contributed by atoms with Crippen molar-refractivity contribution in [2.75, 3.05) is 40.4 Å². The maximum absolute atomic E-state index is 5.61. The Kier molecular flexibility index (Phi) is 5.10. The first-order valence-corrected chi connectivity index (χ1v) is 7.91. The quantitative estimate of drug-likeness (QED) is 0.916. The number of nitrogens with zero attached hydrogens (tertiary/aromatic N) is 2. The molecule has 5 heteroatoms. The molecule has 0 radical (unpaired) electrons. The second-order valence-corrected chi connectivity index (χ2v) is 5.55. The Morgan fingerprint density at radius 2 is 1.91 bits per heavy atom. The molecule has 3 rings (SSSR count). The van der Waals surface area contributed by atoms with Crippen LogP contribution >= 0.6 is 0 Å². The lowest BCUT2D eigenvalue weighted by Crippen LogP contribution is -2.45. The second kappa shape index (κ2) is 7.44. The molecule has 2 aromatic rings. The van der Waals surface area contributed by atoms with Crippen LogP contribution in [0.2, 0.25) is 0 Å². The number of piperazine rings is 1. The molecule has 0 amide bonds. The minimum atomic E-state index is 0.0587. The van der Waals surface area contributed by atoms with Gasteiger partial charge in [-0.2, -0.15) is 0 Å². The van der Waals surface area contributed by atoms with Crippen molar-refractivity contribution in [3.63, 3.8) is 0 Å². The molecule has 0 saturated carbocycles. The summed E-state index contributed by atoms with van der Waals surface area (Å²) in [6, 6.07) is 12.1. The van der Waals surface area contributed by atoms with E-state index in [1.54, 1.807) is 14.2 Å². The Balaban J connectivity index is 2.07. The number of hydrogen-bond donors (Lipinski definition) is 1. The molecule has 1 atom stereocenters. The van der Waals surface area contributed by atoms with Crippen molar-refractivity contribution < 1.29 is 9.47 Å². The van der Waals surface area contributed by atoms with Crippen molar-refractivity contribution >= 4 is 0 Å². The highest BCUT2D eigenvalue weighted by Gasteiger charge is 2.27. The van der Waals surface area contributed by atoms with E-state index in [0.717, 1.165) is 48.9 Å². The maximum atomic E-state index is 5.61. The van der Waals surface area contributed by atoms with E-state index in [4.69, 9.17) is 9.47 Å². The molecule has 122 valence electrons. The molecular formula is C18H23N3O2. The van der Waals surface area contributed by atoms with E-state index in [1.165, 1.54) is 0 Å². The molecule has 1 fully saturated rings. The van der Waals surface area contributed by atoms with E-state index in [0.29, 0.717) is 0 Å². The number of ether oxygens (including phenoxy) is 2. The number of nitrogens with one attached hydrogen (secondary N) is 1. The zero-order valence-corrected chi connectivity index (χ0v) is 13.7. The van der Waals surface area contributed by atoms with Crippen molar-refractivity contribution in [1.82, 2.24) is 15.2 Å². The van der Waals surface area contributed by atoms with Gasteiger partial charge in [-0.15, -0.1) is 0 Å². The monoisotopic (exact) mass is 313 g/mol. The maximum Gasteiger partial charge on any atom is 0.124 e. The SMILES string of the molecule is COc1ccc(OC)c(C(c2ccccn2)N2CCNCC2)c1. The molecule has 1 aliphatic rings. The molecule has 23 heavy (non-hydrogen) atoms. The van der Waals surface area contributed by atoms with E-state index >= 15 is 0 Å². The van der Waals surface area contributed by atoms with Crippen LogP contribution in [0.15, 0.2) is 42.6 Å². The van der Waals surface area contributed by atoms with Gasteiger partial charge in [-0.05, 0) is 30.3 Å². The van der Waals surface area contributed by atoms with E-state index in [2.05, 4.69) is 27.3 Å². The molecule has 1 aromatic carbocycles. The molecule has 0 aliphatic carbocycles. The summed E-state index contributed by atoms with van der Waals surface area (Å²) in [5, 5.41) is 3.41. The predicted molar refractivity (Wildman–Crippen MR) is 90.1 cm³/mol. The minimum absolute atomic E-state index is 0.0587. The number of hydrogen-bond acceptors (Lipinski definition) is 5. The van der Waals surface area contributed by atoms with Crippen LogP contribution in [0.3, 0.4) is 0 Å². The van der Waals surface area contributed by atoms with Gasteiger partial charge in [-0.1, -0.05) is 6.07 Å². The summed E-state index contributed by atoms with van der Waals surface area (Å²) in [7, 11) is 3.39. The fourth-order valence-corrected chi connectivity index (χ4v) is 3.07. The third-order valence-corrected chi connectivity index (χ3v) is 4.22. The van der Waals surface area contributed by atoms with Crippen molar-refractivity contribution in [3.8, 4) is 11.5 Å². The molecule has 2 heterocycles. The van der Waals surface area contributed by atoms with Crippen LogP contribution in [0, 0.1) is 0 Å². The van der Waals surface area contributed by atoms with Gasteiger partial charge in [-0.25, -0.2) is 0 Å². The highest BCUT2D eigenvalue weighted by Crippen LogP contribution is 2.36. The lowest BCUT2D eigenvalue weighted by molar-refractivity contribution is 0.192. The Hall–Kier alpha value is -2.11. The van der Waals surface area contributed by atoms with Gasteiger partial charge in [0.15, 0.2) is 0 Å². The number of methoxy groups -OCH3 is 2. The molecule has 1 unspecified atom stereocenters. The fourth-order valence-electron chi connectivity index (χ4n) is 3.07. The van der Waals surface area contributed by atoms with Gasteiger partial charge in [-0.3, -0.25) is 9.88 Å². The normalized spacial score (nSPS) is 16.8. The third-order valence-electron chi connectivity index (χ3n) is 4.22. The molecule has 0 spiro atoms. The van der Waals surface area contributed by atoms with Crippen molar-refractivity contribution in [2.45, 2.75) is 6.04 Å². The number of benzene rings is 1. The Morgan fingerprint density at radius 3 is 2.57 bits per heavy atom. The Bertz CT molecular complexity index is 627. The lowest BCUT2D eigenvalue weighted by Gasteiger charge is -2.35. The summed E-state index contributed by atoms with van der Waals surface area (Å²) < 4.78 is 11.0. The largest absolute Gasteiger partial charge is 0.497 e. The summed E-state index contributed by atoms with van der Waals surface area (Å²) in [6.45, 7) is 3.91. The highest BCUT2D eigenvalue weighted by molar-refractivity contribution is 5.45. The van der Waals surface area contributed by atoms with Gasteiger partial charge >= 0.3 is 0 Å². The van der Waals surface area contributed by atoms with Crippen LogP contribution in [0.1, 0.15) is 17.3 Å². The van der Waals surface area contributed by atoms with Crippen LogP contribution in [-0.2, 0) is 0 Å². The van der Waals surface area contributed by atoms with E-state index < -0.39 is 0 Å². The van der Waals surface area contributed by atoms with Gasteiger partial charge in [0.25, 0.3) is 0 Å². The summed E-state index contributed by atoms with van der Waals surface area (Å²) in [6.07, 6.45) is 1.84. The first-order valence-electron chi connectivity index (χ1n) is 7.91. The molecule has 5 nitrogen and oxygen atoms in total. The van der Waals surface area contributed by atoms with Crippen LogP contribution in [0.4, 0.5) is 0 Å². The van der Waals surface area contributed by atoms with Crippen molar-refractivity contribution in [1.29, 1.82) is 0 Å². The fraction of sp³-hybridized carbons (Fsp3) is 0.389. The van der Waals surface area contributed by atoms with Crippen LogP contribution in [0.5, 0.6) is 11.5 Å². The summed E-state index contributed by atoms with van der Waals surface area (Å²) in [4.78, 5) is 7.04. The van der Waals surface area contributed by atoms with Crippen LogP contribution in [0.25, 0.3) is 0 Å². The van der Waals surface area contributed by atoms with E-state index in [1.807, 2.05) is 30.5 Å². The van der Waals surface area contributed by atoms with Crippen LogP contribution < -0.4 is 14.8 Å². The first-order chi connectivity index (χ1) is 11.3. The molecular weight excluding hydrogens is 290 g/mol. The first kappa shape index (κ1) is 15.8. The lowest BCUT2D eigenvalue weighted by atomic mass is 9.99. The predicted octanol–water partition coefficient (Wildman–Crippen LogP) is 2.09. The number of rotatable bonds is 5.